The predicted molar refractivity (Wildman–Crippen MR) is 176 cm³/mol. The van der Waals surface area contributed by atoms with Gasteiger partial charge in [-0.05, 0) is 6.42 Å². The van der Waals surface area contributed by atoms with Crippen molar-refractivity contribution in [1.82, 2.24) is 5.32 Å². The Kier molecular flexibility index (Phi) is 15.6. The van der Waals surface area contributed by atoms with Gasteiger partial charge in [0, 0.05) is 39.7 Å². The van der Waals surface area contributed by atoms with Crippen molar-refractivity contribution < 1.29 is 66.9 Å². The molecule has 0 spiro atoms. The van der Waals surface area contributed by atoms with E-state index in [0.717, 1.165) is 39.5 Å². The van der Waals surface area contributed by atoms with Crippen molar-refractivity contribution in [2.24, 2.45) is 0 Å². The minimum absolute atomic E-state index is 0.0362. The molecule has 1 amide bonds. The third-order valence-electron chi connectivity index (χ3n) is 8.34. The Morgan fingerprint density at radius 3 is 2.25 bits per heavy atom. The highest BCUT2D eigenvalue weighted by molar-refractivity contribution is 5.73. The minimum atomic E-state index is -1.49. The highest BCUT2D eigenvalue weighted by atomic mass is 16.8. The van der Waals surface area contributed by atoms with Gasteiger partial charge >= 0.3 is 17.9 Å². The molecule has 1 aromatic rings. The molecule has 0 bridgehead atoms. The van der Waals surface area contributed by atoms with Crippen LogP contribution in [0.2, 0.25) is 0 Å². The molecule has 3 aliphatic rings. The molecule has 0 radical (unpaired) electrons. The number of hydrogen-bond acceptors (Lipinski definition) is 14. The van der Waals surface area contributed by atoms with Crippen molar-refractivity contribution in [1.29, 1.82) is 0 Å². The quantitative estimate of drug-likeness (QED) is 0.124. The zero-order valence-corrected chi connectivity index (χ0v) is 29.6. The van der Waals surface area contributed by atoms with Crippen LogP contribution in [0.15, 0.2) is 30.3 Å². The van der Waals surface area contributed by atoms with Crippen molar-refractivity contribution in [2.75, 3.05) is 19.8 Å². The van der Waals surface area contributed by atoms with Gasteiger partial charge in [0.25, 0.3) is 0 Å². The van der Waals surface area contributed by atoms with Crippen LogP contribution < -0.4 is 5.32 Å². The summed E-state index contributed by atoms with van der Waals surface area (Å²) in [7, 11) is 0. The van der Waals surface area contributed by atoms with Gasteiger partial charge in [0.05, 0.1) is 6.61 Å². The number of fused-ring (bicyclic) bond motifs is 1. The summed E-state index contributed by atoms with van der Waals surface area (Å²) < 4.78 is 53.3. The van der Waals surface area contributed by atoms with Gasteiger partial charge in [-0.1, -0.05) is 62.4 Å². The first kappa shape index (κ1) is 40.2. The zero-order chi connectivity index (χ0) is 36.9. The molecule has 15 nitrogen and oxygen atoms in total. The minimum Gasteiger partial charge on any atom is -0.463 e. The van der Waals surface area contributed by atoms with Gasteiger partial charge in [-0.25, -0.2) is 0 Å². The largest absolute Gasteiger partial charge is 0.463 e. The van der Waals surface area contributed by atoms with E-state index in [2.05, 4.69) is 24.1 Å². The number of ether oxygens (including phenoxy) is 9. The van der Waals surface area contributed by atoms with Crippen LogP contribution in [0.25, 0.3) is 0 Å². The van der Waals surface area contributed by atoms with Crippen LogP contribution in [0.1, 0.15) is 78.6 Å². The molecule has 3 fully saturated rings. The predicted octanol–water partition coefficient (Wildman–Crippen LogP) is 2.22. The van der Waals surface area contributed by atoms with E-state index in [1.165, 1.54) is 13.8 Å². The monoisotopic (exact) mass is 719 g/mol. The number of esters is 3. The van der Waals surface area contributed by atoms with Crippen LogP contribution >= 0.6 is 0 Å². The van der Waals surface area contributed by atoms with Crippen LogP contribution in [-0.4, -0.2) is 110 Å². The molecule has 15 heteroatoms. The lowest BCUT2D eigenvalue weighted by atomic mass is 9.94. The topological polar surface area (TPSA) is 184 Å². The maximum atomic E-state index is 12.5. The van der Waals surface area contributed by atoms with Crippen molar-refractivity contribution in [3.05, 3.63) is 35.9 Å². The zero-order valence-electron chi connectivity index (χ0n) is 29.6. The van der Waals surface area contributed by atoms with E-state index in [4.69, 9.17) is 42.6 Å². The first-order valence-corrected chi connectivity index (χ1v) is 17.3. The molecule has 0 unspecified atom stereocenters. The molecule has 4 rings (SSSR count). The Morgan fingerprint density at radius 1 is 0.863 bits per heavy atom. The third kappa shape index (κ3) is 11.7. The van der Waals surface area contributed by atoms with Gasteiger partial charge in [0.2, 0.25) is 5.91 Å². The van der Waals surface area contributed by atoms with Crippen LogP contribution in [0.4, 0.5) is 0 Å². The summed E-state index contributed by atoms with van der Waals surface area (Å²) in [5.41, 5.74) is 0.711. The van der Waals surface area contributed by atoms with Gasteiger partial charge in [0.15, 0.2) is 31.1 Å². The smallest absolute Gasteiger partial charge is 0.303 e. The Balaban J connectivity index is 1.65. The van der Waals surface area contributed by atoms with E-state index < -0.39 is 98.1 Å². The summed E-state index contributed by atoms with van der Waals surface area (Å²) >= 11 is 0. The fourth-order valence-corrected chi connectivity index (χ4v) is 6.10. The average Bonchev–Trinajstić information content (AvgIpc) is 3.08. The number of aliphatic hydroxyl groups is 1. The maximum Gasteiger partial charge on any atom is 0.303 e. The van der Waals surface area contributed by atoms with Gasteiger partial charge in [-0.15, -0.1) is 5.92 Å². The molecule has 282 valence electrons. The Morgan fingerprint density at radius 2 is 1.59 bits per heavy atom. The Hall–Kier alpha value is -3.62. The fourth-order valence-electron chi connectivity index (χ4n) is 6.10. The van der Waals surface area contributed by atoms with E-state index in [1.54, 1.807) is 0 Å². The highest BCUT2D eigenvalue weighted by Gasteiger charge is 2.56. The van der Waals surface area contributed by atoms with Crippen molar-refractivity contribution in [3.63, 3.8) is 0 Å². The van der Waals surface area contributed by atoms with Crippen LogP contribution in [0.5, 0.6) is 0 Å². The third-order valence-corrected chi connectivity index (χ3v) is 8.34. The molecule has 51 heavy (non-hydrogen) atoms. The highest BCUT2D eigenvalue weighted by Crippen LogP contribution is 2.38. The second-order valence-electron chi connectivity index (χ2n) is 12.5. The summed E-state index contributed by atoms with van der Waals surface area (Å²) in [4.78, 5) is 48.8. The van der Waals surface area contributed by atoms with Crippen molar-refractivity contribution >= 4 is 23.8 Å². The lowest BCUT2D eigenvalue weighted by Crippen LogP contribution is -2.69. The lowest BCUT2D eigenvalue weighted by Gasteiger charge is -2.50. The molecule has 11 atom stereocenters. The van der Waals surface area contributed by atoms with E-state index in [9.17, 15) is 24.3 Å². The number of aliphatic hydroxyl groups excluding tert-OH is 1. The first-order chi connectivity index (χ1) is 24.5. The molecular formula is C36H49NO14. The summed E-state index contributed by atoms with van der Waals surface area (Å²) in [6.07, 6.45) is -6.91. The second-order valence-corrected chi connectivity index (χ2v) is 12.5. The van der Waals surface area contributed by atoms with Crippen LogP contribution in [-0.2, 0) is 61.8 Å². The first-order valence-electron chi connectivity index (χ1n) is 17.3. The van der Waals surface area contributed by atoms with Crippen LogP contribution in [0, 0.1) is 11.8 Å². The molecule has 3 aliphatic heterocycles. The van der Waals surface area contributed by atoms with E-state index >= 15 is 0 Å². The van der Waals surface area contributed by atoms with Gasteiger partial charge in [-0.3, -0.25) is 19.2 Å². The maximum absolute atomic E-state index is 12.5. The molecule has 0 aromatic heterocycles. The SMILES string of the molecule is CCCCCCC#CCO[C@@H]1O[C@@H]2CO[C@@H](c3ccccc3)O[C@H]2[C@H](O[C@@H]2O[C@H](COC(C)=O)[C@@H](OC(C)=O)[C@H](OC(C)=O)[C@H]2NC(C)=O)[C@H]1O. The summed E-state index contributed by atoms with van der Waals surface area (Å²) in [5.74, 6) is 3.32. The molecule has 3 saturated heterocycles. The van der Waals surface area contributed by atoms with Gasteiger partial charge in [-0.2, -0.15) is 0 Å². The Bertz CT molecular complexity index is 1360. The fraction of sp³-hybridized carbons (Fsp3) is 0.667. The van der Waals surface area contributed by atoms with Crippen molar-refractivity contribution in [3.8, 4) is 11.8 Å². The number of hydrogen-bond donors (Lipinski definition) is 2. The van der Waals surface area contributed by atoms with Gasteiger partial charge < -0.3 is 53.1 Å². The van der Waals surface area contributed by atoms with Crippen LogP contribution in [0.3, 0.4) is 0 Å². The number of amides is 1. The lowest BCUT2D eigenvalue weighted by molar-refractivity contribution is -0.385. The molecule has 3 heterocycles. The van der Waals surface area contributed by atoms with Gasteiger partial charge in [0.1, 0.15) is 49.8 Å². The standard InChI is InChI=1S/C36H49NO14/c1-6-7-8-9-10-11-15-18-43-36-29(42)33(31-27(49-36)20-45-34(50-31)25-16-13-12-14-17-25)51-35-28(37-21(2)38)32(47-24(5)41)30(46-23(4)40)26(48-35)19-44-22(3)39/h12-14,16-17,26-36,42H,6-10,18-20H2,1-5H3,(H,37,38)/t26-,27-,28-,29-,30-,31-,32-,33-,34-,35+,36-/m1/s1. The Labute approximate surface area is 297 Å². The number of carbonyl (C=O) groups is 4. The number of nitrogens with one attached hydrogen (secondary N) is 1. The summed E-state index contributed by atoms with van der Waals surface area (Å²) in [5, 5.41) is 14.4. The molecule has 0 saturated carbocycles. The number of rotatable bonds is 14. The summed E-state index contributed by atoms with van der Waals surface area (Å²) in [6.45, 7) is 6.42. The average molecular weight is 720 g/mol. The normalized spacial score (nSPS) is 31.6. The van der Waals surface area contributed by atoms with Crippen molar-refractivity contribution in [2.45, 2.75) is 134 Å². The van der Waals surface area contributed by atoms with E-state index in [-0.39, 0.29) is 13.2 Å². The molecule has 2 N–H and O–H groups in total. The number of benzene rings is 1. The summed E-state index contributed by atoms with van der Waals surface area (Å²) in [6, 6.07) is 7.87. The number of unbranched alkanes of at least 4 members (excludes halogenated alkanes) is 4. The molecule has 0 aliphatic carbocycles. The van der Waals surface area contributed by atoms with E-state index in [0.29, 0.717) is 12.0 Å². The molecular weight excluding hydrogens is 670 g/mol. The number of carbonyl (C=O) groups excluding carboxylic acids is 4. The molecule has 1 aromatic carbocycles. The second kappa shape index (κ2) is 19.8. The van der Waals surface area contributed by atoms with E-state index in [1.807, 2.05) is 30.3 Å².